The topological polar surface area (TPSA) is 37.4 Å². The minimum Gasteiger partial charge on any atom is -0.212 e. The van der Waals surface area contributed by atoms with Gasteiger partial charge in [0.25, 0.3) is 0 Å². The molecule has 2 rings (SSSR count). The van der Waals surface area contributed by atoms with Crippen LogP contribution in [0.2, 0.25) is 0 Å². The van der Waals surface area contributed by atoms with Gasteiger partial charge in [0.05, 0.1) is 5.75 Å². The van der Waals surface area contributed by atoms with Crippen molar-refractivity contribution < 1.29 is 8.42 Å². The summed E-state index contributed by atoms with van der Waals surface area (Å²) >= 11 is 0. The molecule has 0 bridgehead atoms. The first-order valence-corrected chi connectivity index (χ1v) is 7.65. The summed E-state index contributed by atoms with van der Waals surface area (Å²) in [5, 5.41) is 0. The van der Waals surface area contributed by atoms with Crippen molar-refractivity contribution in [2.45, 2.75) is 38.5 Å². The maximum absolute atomic E-state index is 12.3. The molecule has 0 amide bonds. The third-order valence-corrected chi connectivity index (χ3v) is 5.38. The summed E-state index contributed by atoms with van der Waals surface area (Å²) in [6.45, 7) is 4.62. The van der Waals surface area contributed by atoms with Gasteiger partial charge in [-0.05, 0) is 37.8 Å². The Morgan fingerprint density at radius 3 is 2.65 bits per heavy atom. The van der Waals surface area contributed by atoms with Crippen molar-refractivity contribution in [3.05, 3.63) is 35.4 Å². The molecule has 3 nitrogen and oxygen atoms in total. The molecule has 4 heteroatoms. The third kappa shape index (κ3) is 2.69. The van der Waals surface area contributed by atoms with Crippen molar-refractivity contribution in [2.75, 3.05) is 6.54 Å². The number of rotatable bonds is 3. The van der Waals surface area contributed by atoms with Crippen LogP contribution in [0.25, 0.3) is 0 Å². The fraction of sp³-hybridized carbons (Fsp3) is 0.538. The predicted molar refractivity (Wildman–Crippen MR) is 69.2 cm³/mol. The largest absolute Gasteiger partial charge is 0.218 e. The molecule has 0 saturated carbocycles. The molecule has 0 aliphatic carbocycles. The van der Waals surface area contributed by atoms with E-state index in [2.05, 4.69) is 0 Å². The molecular weight excluding hydrogens is 234 g/mol. The number of hydrogen-bond donors (Lipinski definition) is 0. The molecule has 1 aromatic carbocycles. The molecule has 0 aromatic heterocycles. The molecule has 1 aromatic rings. The normalized spacial score (nSPS) is 21.9. The Bertz CT molecular complexity index is 496. The summed E-state index contributed by atoms with van der Waals surface area (Å²) in [6, 6.07) is 7.84. The van der Waals surface area contributed by atoms with Gasteiger partial charge >= 0.3 is 0 Å². The zero-order valence-corrected chi connectivity index (χ0v) is 11.2. The van der Waals surface area contributed by atoms with E-state index in [4.69, 9.17) is 0 Å². The van der Waals surface area contributed by atoms with Crippen LogP contribution in [0.15, 0.2) is 24.3 Å². The van der Waals surface area contributed by atoms with Crippen LogP contribution in [0.4, 0.5) is 0 Å². The highest BCUT2D eigenvalue weighted by molar-refractivity contribution is 7.88. The van der Waals surface area contributed by atoms with E-state index in [1.807, 2.05) is 38.1 Å². The average Bonchev–Trinajstić information content (AvgIpc) is 2.68. The van der Waals surface area contributed by atoms with E-state index in [1.165, 1.54) is 0 Å². The minimum absolute atomic E-state index is 0.129. The monoisotopic (exact) mass is 253 g/mol. The first kappa shape index (κ1) is 12.6. The van der Waals surface area contributed by atoms with Crippen molar-refractivity contribution >= 4 is 10.0 Å². The highest BCUT2D eigenvalue weighted by Gasteiger charge is 2.31. The molecule has 1 saturated heterocycles. The van der Waals surface area contributed by atoms with Gasteiger partial charge in [0.15, 0.2) is 0 Å². The van der Waals surface area contributed by atoms with Gasteiger partial charge in [0.1, 0.15) is 0 Å². The molecular formula is C13H19NO2S. The van der Waals surface area contributed by atoms with Crippen molar-refractivity contribution in [3.8, 4) is 0 Å². The minimum atomic E-state index is -3.15. The first-order chi connectivity index (χ1) is 8.00. The van der Waals surface area contributed by atoms with Gasteiger partial charge in [0.2, 0.25) is 10.0 Å². The maximum Gasteiger partial charge on any atom is 0.218 e. The quantitative estimate of drug-likeness (QED) is 0.829. The Kier molecular flexibility index (Phi) is 3.54. The lowest BCUT2D eigenvalue weighted by atomic mass is 10.1. The summed E-state index contributed by atoms with van der Waals surface area (Å²) < 4.78 is 26.2. The van der Waals surface area contributed by atoms with E-state index in [0.29, 0.717) is 6.54 Å². The lowest BCUT2D eigenvalue weighted by Crippen LogP contribution is -2.34. The van der Waals surface area contributed by atoms with Crippen LogP contribution in [0.3, 0.4) is 0 Å². The number of hydrogen-bond acceptors (Lipinski definition) is 2. The summed E-state index contributed by atoms with van der Waals surface area (Å²) in [6.07, 6.45) is 1.96. The Morgan fingerprint density at radius 2 is 2.06 bits per heavy atom. The number of aryl methyl sites for hydroxylation is 1. The smallest absolute Gasteiger partial charge is 0.212 e. The van der Waals surface area contributed by atoms with Crippen LogP contribution in [-0.4, -0.2) is 25.3 Å². The molecule has 1 fully saturated rings. The Morgan fingerprint density at radius 1 is 1.35 bits per heavy atom. The Balaban J connectivity index is 2.21. The standard InChI is InChI=1S/C13H19NO2S/c1-11-6-3-4-8-13(11)10-17(15,16)14-9-5-7-12(14)2/h3-4,6,8,12H,5,7,9-10H2,1-2H3. The van der Waals surface area contributed by atoms with Gasteiger partial charge < -0.3 is 0 Å². The molecule has 1 atom stereocenters. The lowest BCUT2D eigenvalue weighted by Gasteiger charge is -2.21. The van der Waals surface area contributed by atoms with Crippen molar-refractivity contribution in [1.29, 1.82) is 0 Å². The second-order valence-corrected chi connectivity index (χ2v) is 6.71. The van der Waals surface area contributed by atoms with E-state index in [1.54, 1.807) is 4.31 Å². The molecule has 1 aliphatic rings. The van der Waals surface area contributed by atoms with E-state index in [-0.39, 0.29) is 11.8 Å². The first-order valence-electron chi connectivity index (χ1n) is 6.05. The summed E-state index contributed by atoms with van der Waals surface area (Å²) in [7, 11) is -3.15. The fourth-order valence-electron chi connectivity index (χ4n) is 2.37. The molecule has 1 unspecified atom stereocenters. The lowest BCUT2D eigenvalue weighted by molar-refractivity contribution is 0.407. The van der Waals surface area contributed by atoms with Crippen molar-refractivity contribution in [2.24, 2.45) is 0 Å². The fourth-order valence-corrected chi connectivity index (χ4v) is 4.32. The van der Waals surface area contributed by atoms with Gasteiger partial charge in [-0.3, -0.25) is 0 Å². The number of nitrogens with zero attached hydrogens (tertiary/aromatic N) is 1. The highest BCUT2D eigenvalue weighted by Crippen LogP contribution is 2.23. The van der Waals surface area contributed by atoms with E-state index >= 15 is 0 Å². The zero-order valence-electron chi connectivity index (χ0n) is 10.4. The van der Waals surface area contributed by atoms with Crippen LogP contribution in [-0.2, 0) is 15.8 Å². The van der Waals surface area contributed by atoms with E-state index < -0.39 is 10.0 Å². The van der Waals surface area contributed by atoms with E-state index in [0.717, 1.165) is 24.0 Å². The van der Waals surface area contributed by atoms with Crippen molar-refractivity contribution in [1.82, 2.24) is 4.31 Å². The molecule has 0 radical (unpaired) electrons. The summed E-state index contributed by atoms with van der Waals surface area (Å²) in [4.78, 5) is 0. The number of benzene rings is 1. The molecule has 0 spiro atoms. The maximum atomic E-state index is 12.3. The Hall–Kier alpha value is -0.870. The molecule has 1 heterocycles. The van der Waals surface area contributed by atoms with E-state index in [9.17, 15) is 8.42 Å². The SMILES string of the molecule is Cc1ccccc1CS(=O)(=O)N1CCCC1C. The third-order valence-electron chi connectivity index (χ3n) is 3.45. The molecule has 94 valence electrons. The molecule has 17 heavy (non-hydrogen) atoms. The van der Waals surface area contributed by atoms with Crippen LogP contribution in [0.1, 0.15) is 30.9 Å². The van der Waals surface area contributed by atoms with Gasteiger partial charge in [-0.25, -0.2) is 8.42 Å². The van der Waals surface area contributed by atoms with Crippen LogP contribution >= 0.6 is 0 Å². The predicted octanol–water partition coefficient (Wildman–Crippen LogP) is 2.31. The van der Waals surface area contributed by atoms with Crippen LogP contribution in [0, 0.1) is 6.92 Å². The van der Waals surface area contributed by atoms with Gasteiger partial charge in [-0.15, -0.1) is 0 Å². The molecule has 1 aliphatic heterocycles. The highest BCUT2D eigenvalue weighted by atomic mass is 32.2. The zero-order chi connectivity index (χ0) is 12.5. The summed E-state index contributed by atoms with van der Waals surface area (Å²) in [5.41, 5.74) is 1.95. The Labute approximate surface area is 104 Å². The van der Waals surface area contributed by atoms with Crippen molar-refractivity contribution in [3.63, 3.8) is 0 Å². The second kappa shape index (κ2) is 4.78. The van der Waals surface area contributed by atoms with Gasteiger partial charge in [0, 0.05) is 12.6 Å². The van der Waals surface area contributed by atoms with Crippen LogP contribution < -0.4 is 0 Å². The second-order valence-electron chi connectivity index (χ2n) is 4.78. The van der Waals surface area contributed by atoms with Crippen LogP contribution in [0.5, 0.6) is 0 Å². The number of sulfonamides is 1. The van der Waals surface area contributed by atoms with Gasteiger partial charge in [-0.1, -0.05) is 24.3 Å². The average molecular weight is 253 g/mol. The van der Waals surface area contributed by atoms with Gasteiger partial charge in [-0.2, -0.15) is 4.31 Å². The molecule has 0 N–H and O–H groups in total. The summed E-state index contributed by atoms with van der Waals surface area (Å²) in [5.74, 6) is 0.129.